The van der Waals surface area contributed by atoms with Gasteiger partial charge in [-0.2, -0.15) is 0 Å². The van der Waals surface area contributed by atoms with Crippen LogP contribution >= 0.6 is 43.2 Å². The van der Waals surface area contributed by atoms with Crippen molar-refractivity contribution >= 4 is 54.8 Å². The van der Waals surface area contributed by atoms with Gasteiger partial charge in [0.2, 0.25) is 0 Å². The van der Waals surface area contributed by atoms with E-state index in [0.29, 0.717) is 4.88 Å². The number of thiophene rings is 1. The van der Waals surface area contributed by atoms with E-state index in [1.54, 1.807) is 6.07 Å². The SMILES string of the molecule is O=C(Nc1ccc(F)c(F)c1)c1cc(Br)c(Br)s1. The summed E-state index contributed by atoms with van der Waals surface area (Å²) in [7, 11) is 0. The summed E-state index contributed by atoms with van der Waals surface area (Å²) in [5, 5.41) is 2.49. The van der Waals surface area contributed by atoms with Crippen LogP contribution in [0.25, 0.3) is 0 Å². The summed E-state index contributed by atoms with van der Waals surface area (Å²) in [6.07, 6.45) is 0. The maximum Gasteiger partial charge on any atom is 0.265 e. The number of amides is 1. The second-order valence-electron chi connectivity index (χ2n) is 3.32. The monoisotopic (exact) mass is 395 g/mol. The average molecular weight is 397 g/mol. The fraction of sp³-hybridized carbons (Fsp3) is 0. The lowest BCUT2D eigenvalue weighted by molar-refractivity contribution is 0.103. The summed E-state index contributed by atoms with van der Waals surface area (Å²) in [6.45, 7) is 0. The molecule has 0 bridgehead atoms. The van der Waals surface area contributed by atoms with Crippen LogP contribution in [0.1, 0.15) is 9.67 Å². The molecule has 0 atom stereocenters. The van der Waals surface area contributed by atoms with Crippen LogP contribution in [0.15, 0.2) is 32.5 Å². The first-order valence-corrected chi connectivity index (χ1v) is 7.09. The third kappa shape index (κ3) is 2.96. The van der Waals surface area contributed by atoms with Gasteiger partial charge in [0.05, 0.1) is 8.66 Å². The van der Waals surface area contributed by atoms with Crippen LogP contribution in [0.2, 0.25) is 0 Å². The Labute approximate surface area is 122 Å². The van der Waals surface area contributed by atoms with Gasteiger partial charge in [0.15, 0.2) is 11.6 Å². The molecule has 0 spiro atoms. The van der Waals surface area contributed by atoms with Crippen LogP contribution in [0, 0.1) is 11.6 Å². The number of nitrogens with one attached hydrogen (secondary N) is 1. The maximum atomic E-state index is 13.0. The number of hydrogen-bond acceptors (Lipinski definition) is 2. The number of carbonyl (C=O) groups is 1. The van der Waals surface area contributed by atoms with E-state index in [2.05, 4.69) is 37.2 Å². The van der Waals surface area contributed by atoms with Gasteiger partial charge in [0, 0.05) is 16.2 Å². The molecular weight excluding hydrogens is 392 g/mol. The predicted molar refractivity (Wildman–Crippen MR) is 74.0 cm³/mol. The molecule has 2 nitrogen and oxygen atoms in total. The number of anilines is 1. The van der Waals surface area contributed by atoms with Gasteiger partial charge >= 0.3 is 0 Å². The Morgan fingerprint density at radius 1 is 1.17 bits per heavy atom. The molecule has 0 radical (unpaired) electrons. The molecule has 0 unspecified atom stereocenters. The van der Waals surface area contributed by atoms with Crippen LogP contribution in [-0.2, 0) is 0 Å². The highest BCUT2D eigenvalue weighted by Crippen LogP contribution is 2.32. The van der Waals surface area contributed by atoms with Crippen molar-refractivity contribution in [3.05, 3.63) is 49.0 Å². The third-order valence-corrected chi connectivity index (χ3v) is 5.30. The lowest BCUT2D eigenvalue weighted by Crippen LogP contribution is -2.10. The highest BCUT2D eigenvalue weighted by Gasteiger charge is 2.13. The van der Waals surface area contributed by atoms with Crippen LogP contribution < -0.4 is 5.32 Å². The molecule has 0 aliphatic carbocycles. The van der Waals surface area contributed by atoms with E-state index in [-0.39, 0.29) is 11.6 Å². The van der Waals surface area contributed by atoms with E-state index < -0.39 is 11.6 Å². The fourth-order valence-corrected chi connectivity index (χ4v) is 3.16. The maximum absolute atomic E-state index is 13.0. The quantitative estimate of drug-likeness (QED) is 0.775. The number of halogens is 4. The Hall–Kier alpha value is -0.790. The summed E-state index contributed by atoms with van der Waals surface area (Å²) in [4.78, 5) is 12.3. The largest absolute Gasteiger partial charge is 0.321 e. The first-order valence-electron chi connectivity index (χ1n) is 4.68. The van der Waals surface area contributed by atoms with Crippen molar-refractivity contribution in [1.82, 2.24) is 0 Å². The lowest BCUT2D eigenvalue weighted by atomic mass is 10.3. The summed E-state index contributed by atoms with van der Waals surface area (Å²) in [6, 6.07) is 4.84. The van der Waals surface area contributed by atoms with Crippen LogP contribution in [0.3, 0.4) is 0 Å². The van der Waals surface area contributed by atoms with Crippen molar-refractivity contribution in [3.63, 3.8) is 0 Å². The molecular formula is C11H5Br2F2NOS. The first-order chi connectivity index (χ1) is 8.47. The Bertz CT molecular complexity index is 596. The normalized spacial score (nSPS) is 10.4. The Morgan fingerprint density at radius 2 is 1.89 bits per heavy atom. The molecule has 2 rings (SSSR count). The van der Waals surface area contributed by atoms with E-state index in [9.17, 15) is 13.6 Å². The van der Waals surface area contributed by atoms with E-state index in [4.69, 9.17) is 0 Å². The minimum Gasteiger partial charge on any atom is -0.321 e. The molecule has 94 valence electrons. The van der Waals surface area contributed by atoms with Crippen LogP contribution in [0.4, 0.5) is 14.5 Å². The van der Waals surface area contributed by atoms with Crippen molar-refractivity contribution in [2.24, 2.45) is 0 Å². The van der Waals surface area contributed by atoms with Crippen molar-refractivity contribution in [2.45, 2.75) is 0 Å². The van der Waals surface area contributed by atoms with Gasteiger partial charge in [-0.05, 0) is 50.1 Å². The van der Waals surface area contributed by atoms with Crippen LogP contribution in [-0.4, -0.2) is 5.91 Å². The molecule has 0 fully saturated rings. The minimum atomic E-state index is -0.999. The van der Waals surface area contributed by atoms with E-state index in [1.807, 2.05) is 0 Å². The summed E-state index contributed by atoms with van der Waals surface area (Å²) >= 11 is 7.78. The fourth-order valence-electron chi connectivity index (χ4n) is 1.23. The van der Waals surface area contributed by atoms with Gasteiger partial charge in [0.25, 0.3) is 5.91 Å². The Balaban J connectivity index is 2.18. The molecule has 18 heavy (non-hydrogen) atoms. The standard InChI is InChI=1S/C11H5Br2F2NOS/c12-6-4-9(18-10(6)13)11(17)16-5-1-2-7(14)8(15)3-5/h1-4H,(H,16,17). The number of rotatable bonds is 2. The molecule has 1 heterocycles. The zero-order chi connectivity index (χ0) is 13.3. The van der Waals surface area contributed by atoms with Gasteiger partial charge in [0.1, 0.15) is 0 Å². The summed E-state index contributed by atoms with van der Waals surface area (Å²) in [5.41, 5.74) is 0.208. The molecule has 0 saturated heterocycles. The van der Waals surface area contributed by atoms with Gasteiger partial charge in [-0.25, -0.2) is 8.78 Å². The van der Waals surface area contributed by atoms with Gasteiger partial charge in [-0.3, -0.25) is 4.79 Å². The number of carbonyl (C=O) groups excluding carboxylic acids is 1. The van der Waals surface area contributed by atoms with Gasteiger partial charge in [-0.15, -0.1) is 11.3 Å². The van der Waals surface area contributed by atoms with Crippen LogP contribution in [0.5, 0.6) is 0 Å². The molecule has 2 aromatic rings. The molecule has 0 aliphatic rings. The van der Waals surface area contributed by atoms with Crippen molar-refractivity contribution < 1.29 is 13.6 Å². The molecule has 1 N–H and O–H groups in total. The third-order valence-electron chi connectivity index (χ3n) is 2.05. The minimum absolute atomic E-state index is 0.208. The van der Waals surface area contributed by atoms with Gasteiger partial charge in [-0.1, -0.05) is 0 Å². The van der Waals surface area contributed by atoms with Gasteiger partial charge < -0.3 is 5.32 Å². The number of benzene rings is 1. The lowest BCUT2D eigenvalue weighted by Gasteiger charge is -2.03. The second kappa shape index (κ2) is 5.46. The second-order valence-corrected chi connectivity index (χ2v) is 6.54. The molecule has 1 aromatic carbocycles. The average Bonchev–Trinajstić information content (AvgIpc) is 2.65. The van der Waals surface area contributed by atoms with E-state index >= 15 is 0 Å². The molecule has 0 saturated carbocycles. The molecule has 0 aliphatic heterocycles. The van der Waals surface area contributed by atoms with E-state index in [0.717, 1.165) is 20.4 Å². The Morgan fingerprint density at radius 3 is 2.44 bits per heavy atom. The highest BCUT2D eigenvalue weighted by molar-refractivity contribution is 9.13. The zero-order valence-corrected chi connectivity index (χ0v) is 12.6. The zero-order valence-electron chi connectivity index (χ0n) is 8.64. The van der Waals surface area contributed by atoms with Crippen molar-refractivity contribution in [3.8, 4) is 0 Å². The van der Waals surface area contributed by atoms with Crippen molar-refractivity contribution in [1.29, 1.82) is 0 Å². The smallest absolute Gasteiger partial charge is 0.265 e. The topological polar surface area (TPSA) is 29.1 Å². The summed E-state index contributed by atoms with van der Waals surface area (Å²) in [5.74, 6) is -2.33. The number of hydrogen-bond donors (Lipinski definition) is 1. The van der Waals surface area contributed by atoms with Crippen molar-refractivity contribution in [2.75, 3.05) is 5.32 Å². The Kier molecular flexibility index (Phi) is 4.14. The summed E-state index contributed by atoms with van der Waals surface area (Å²) < 4.78 is 27.2. The molecule has 7 heteroatoms. The first kappa shape index (κ1) is 13.6. The predicted octanol–water partition coefficient (Wildman–Crippen LogP) is 4.80. The van der Waals surface area contributed by atoms with E-state index in [1.165, 1.54) is 17.4 Å². The molecule has 1 amide bonds. The molecule has 1 aromatic heterocycles. The highest BCUT2D eigenvalue weighted by atomic mass is 79.9.